The molecule has 9 heteroatoms. The van der Waals surface area contributed by atoms with Gasteiger partial charge in [-0.1, -0.05) is 29.0 Å². The molecule has 2 saturated heterocycles. The minimum Gasteiger partial charge on any atom is -0.346 e. The molecule has 1 unspecified atom stereocenters. The summed E-state index contributed by atoms with van der Waals surface area (Å²) in [7, 11) is 0. The van der Waals surface area contributed by atoms with Crippen LogP contribution in [0.2, 0.25) is 5.02 Å². The third kappa shape index (κ3) is 3.64. The number of aromatic nitrogens is 4. The summed E-state index contributed by atoms with van der Waals surface area (Å²) in [5.41, 5.74) is 3.40. The highest BCUT2D eigenvalue weighted by Crippen LogP contribution is 2.41. The Labute approximate surface area is 179 Å². The van der Waals surface area contributed by atoms with E-state index in [9.17, 15) is 0 Å². The number of nitrogens with one attached hydrogen (secondary N) is 2. The molecule has 0 saturated carbocycles. The molecule has 0 aliphatic carbocycles. The number of nitrogens with zero attached hydrogens (tertiary/aromatic N) is 4. The molecule has 1 aromatic carbocycles. The Bertz CT molecular complexity index is 936. The second-order valence-corrected chi connectivity index (χ2v) is 8.89. The minimum absolute atomic E-state index is 0. The van der Waals surface area contributed by atoms with Crippen molar-refractivity contribution in [3.8, 4) is 21.7 Å². The van der Waals surface area contributed by atoms with Crippen LogP contribution in [0.3, 0.4) is 0 Å². The first-order valence-corrected chi connectivity index (χ1v) is 10.5. The van der Waals surface area contributed by atoms with E-state index in [1.165, 1.54) is 19.3 Å². The zero-order valence-electron chi connectivity index (χ0n) is 15.3. The molecule has 2 aliphatic rings. The fourth-order valence-corrected chi connectivity index (χ4v) is 5.44. The Hall–Kier alpha value is -1.67. The molecule has 2 N–H and O–H groups in total. The number of H-pyrrole nitrogens is 1. The lowest BCUT2D eigenvalue weighted by molar-refractivity contribution is 0.239. The largest absolute Gasteiger partial charge is 0.346 e. The van der Waals surface area contributed by atoms with Crippen LogP contribution in [0.15, 0.2) is 30.6 Å². The summed E-state index contributed by atoms with van der Waals surface area (Å²) >= 11 is 8.18. The predicted molar refractivity (Wildman–Crippen MR) is 117 cm³/mol. The zero-order valence-corrected chi connectivity index (χ0v) is 17.7. The molecule has 1 atom stereocenters. The van der Waals surface area contributed by atoms with Gasteiger partial charge in [0.15, 0.2) is 5.01 Å². The Balaban J connectivity index is 0.00000192. The molecular formula is C19H22Cl2N6S. The highest BCUT2D eigenvalue weighted by molar-refractivity contribution is 7.18. The Morgan fingerprint density at radius 2 is 2.11 bits per heavy atom. The van der Waals surface area contributed by atoms with Crippen molar-refractivity contribution in [2.45, 2.75) is 19.3 Å². The monoisotopic (exact) mass is 436 g/mol. The summed E-state index contributed by atoms with van der Waals surface area (Å²) in [6, 6.07) is 6.03. The first kappa shape index (κ1) is 19.6. The van der Waals surface area contributed by atoms with Crippen molar-refractivity contribution in [2.75, 3.05) is 31.1 Å². The van der Waals surface area contributed by atoms with Gasteiger partial charge >= 0.3 is 0 Å². The van der Waals surface area contributed by atoms with Gasteiger partial charge in [0.05, 0.1) is 11.2 Å². The normalized spacial score (nSPS) is 21.8. The molecule has 148 valence electrons. The van der Waals surface area contributed by atoms with Crippen LogP contribution >= 0.6 is 35.3 Å². The highest BCUT2D eigenvalue weighted by Gasteiger charge is 2.40. The van der Waals surface area contributed by atoms with Crippen LogP contribution in [0.25, 0.3) is 21.7 Å². The average Bonchev–Trinajstić information content (AvgIpc) is 3.43. The summed E-state index contributed by atoms with van der Waals surface area (Å²) in [5.74, 6) is 0. The van der Waals surface area contributed by atoms with Crippen LogP contribution in [-0.4, -0.2) is 46.6 Å². The lowest BCUT2D eigenvalue weighted by Gasteiger charge is -2.33. The summed E-state index contributed by atoms with van der Waals surface area (Å²) in [5, 5.41) is 21.8. The molecule has 4 heterocycles. The van der Waals surface area contributed by atoms with Gasteiger partial charge in [-0.2, -0.15) is 5.10 Å². The van der Waals surface area contributed by atoms with Crippen LogP contribution in [0.4, 0.5) is 5.13 Å². The van der Waals surface area contributed by atoms with Crippen LogP contribution in [-0.2, 0) is 0 Å². The van der Waals surface area contributed by atoms with Crippen molar-refractivity contribution in [1.29, 1.82) is 0 Å². The molecule has 5 rings (SSSR count). The van der Waals surface area contributed by atoms with Crippen molar-refractivity contribution in [3.05, 3.63) is 35.6 Å². The molecule has 0 amide bonds. The number of benzene rings is 1. The maximum atomic E-state index is 6.55. The van der Waals surface area contributed by atoms with Crippen molar-refractivity contribution in [1.82, 2.24) is 25.7 Å². The van der Waals surface area contributed by atoms with Gasteiger partial charge in [0, 0.05) is 42.4 Å². The Morgan fingerprint density at radius 1 is 1.18 bits per heavy atom. The van der Waals surface area contributed by atoms with Crippen molar-refractivity contribution in [2.24, 2.45) is 5.41 Å². The van der Waals surface area contributed by atoms with Crippen molar-refractivity contribution in [3.63, 3.8) is 0 Å². The van der Waals surface area contributed by atoms with Crippen LogP contribution in [0, 0.1) is 5.41 Å². The van der Waals surface area contributed by atoms with Crippen LogP contribution in [0.1, 0.15) is 19.3 Å². The lowest BCUT2D eigenvalue weighted by Crippen LogP contribution is -2.41. The zero-order chi connectivity index (χ0) is 18.3. The Kier molecular flexibility index (Phi) is 5.60. The first-order valence-electron chi connectivity index (χ1n) is 9.31. The topological polar surface area (TPSA) is 69.7 Å². The molecule has 6 nitrogen and oxygen atoms in total. The third-order valence-corrected chi connectivity index (χ3v) is 7.04. The second-order valence-electron chi connectivity index (χ2n) is 7.52. The van der Waals surface area contributed by atoms with Crippen LogP contribution < -0.4 is 10.2 Å². The van der Waals surface area contributed by atoms with Gasteiger partial charge in [-0.3, -0.25) is 5.10 Å². The number of hydrogen-bond donors (Lipinski definition) is 2. The van der Waals surface area contributed by atoms with E-state index in [1.807, 2.05) is 24.4 Å². The molecule has 2 aromatic heterocycles. The third-order valence-electron chi connectivity index (χ3n) is 5.71. The fraction of sp³-hybridized carbons (Fsp3) is 0.421. The lowest BCUT2D eigenvalue weighted by atomic mass is 9.80. The van der Waals surface area contributed by atoms with E-state index >= 15 is 0 Å². The van der Waals surface area contributed by atoms with Gasteiger partial charge in [0.25, 0.3) is 0 Å². The number of piperidine rings is 1. The molecular weight excluding hydrogens is 415 g/mol. The number of rotatable bonds is 3. The van der Waals surface area contributed by atoms with Crippen molar-refractivity contribution < 1.29 is 0 Å². The standard InChI is InChI=1S/C19H21ClN6S.ClH/c20-16-8-13(14-9-22-23-10-14)2-3-15(16)17-24-25-18(27-17)26-7-5-19(12-26)4-1-6-21-11-19;/h2-3,8-10,21H,1,4-7,11-12H2,(H,22,23);1H. The number of aromatic amines is 1. The first-order chi connectivity index (χ1) is 13.2. The second kappa shape index (κ2) is 7.99. The summed E-state index contributed by atoms with van der Waals surface area (Å²) in [6.07, 6.45) is 7.46. The minimum atomic E-state index is 0. The molecule has 0 radical (unpaired) electrons. The molecule has 2 aliphatic heterocycles. The average molecular weight is 437 g/mol. The quantitative estimate of drug-likeness (QED) is 0.641. The highest BCUT2D eigenvalue weighted by atomic mass is 35.5. The SMILES string of the molecule is Cl.Clc1cc(-c2cn[nH]c2)ccc1-c1nnc(N2CCC3(CCCNC3)C2)s1. The maximum absolute atomic E-state index is 6.55. The summed E-state index contributed by atoms with van der Waals surface area (Å²) < 4.78 is 0. The van der Waals surface area contributed by atoms with Gasteiger partial charge in [-0.25, -0.2) is 0 Å². The molecule has 28 heavy (non-hydrogen) atoms. The van der Waals surface area contributed by atoms with E-state index in [4.69, 9.17) is 11.6 Å². The van der Waals surface area contributed by atoms with Gasteiger partial charge < -0.3 is 10.2 Å². The van der Waals surface area contributed by atoms with E-state index in [2.05, 4.69) is 30.6 Å². The molecule has 2 fully saturated rings. The van der Waals surface area contributed by atoms with Crippen LogP contribution in [0.5, 0.6) is 0 Å². The number of halogens is 2. The van der Waals surface area contributed by atoms with E-state index < -0.39 is 0 Å². The van der Waals surface area contributed by atoms with E-state index in [1.54, 1.807) is 17.5 Å². The maximum Gasteiger partial charge on any atom is 0.208 e. The fourth-order valence-electron chi connectivity index (χ4n) is 4.21. The summed E-state index contributed by atoms with van der Waals surface area (Å²) in [4.78, 5) is 2.39. The number of anilines is 1. The number of hydrogen-bond acceptors (Lipinski definition) is 6. The van der Waals surface area contributed by atoms with Gasteiger partial charge in [-0.15, -0.1) is 22.6 Å². The van der Waals surface area contributed by atoms with Gasteiger partial charge in [-0.05, 0) is 43.5 Å². The molecule has 0 bridgehead atoms. The smallest absolute Gasteiger partial charge is 0.208 e. The summed E-state index contributed by atoms with van der Waals surface area (Å²) in [6.45, 7) is 4.40. The Morgan fingerprint density at radius 3 is 2.86 bits per heavy atom. The van der Waals surface area contributed by atoms with Gasteiger partial charge in [0.1, 0.15) is 0 Å². The molecule has 3 aromatic rings. The van der Waals surface area contributed by atoms with E-state index in [0.717, 1.165) is 53.0 Å². The van der Waals surface area contributed by atoms with Crippen molar-refractivity contribution >= 4 is 40.5 Å². The predicted octanol–water partition coefficient (Wildman–Crippen LogP) is 4.25. The van der Waals surface area contributed by atoms with E-state index in [0.29, 0.717) is 10.4 Å². The van der Waals surface area contributed by atoms with Gasteiger partial charge in [0.2, 0.25) is 5.13 Å². The molecule has 1 spiro atoms. The van der Waals surface area contributed by atoms with E-state index in [-0.39, 0.29) is 12.4 Å².